The average molecular weight is 417 g/mol. The van der Waals surface area contributed by atoms with Gasteiger partial charge >= 0.3 is 0 Å². The van der Waals surface area contributed by atoms with E-state index in [2.05, 4.69) is 27.6 Å². The van der Waals surface area contributed by atoms with E-state index in [4.69, 9.17) is 9.15 Å². The number of nitrogens with zero attached hydrogens (tertiary/aromatic N) is 2. The van der Waals surface area contributed by atoms with Gasteiger partial charge in [-0.25, -0.2) is 0 Å². The molecule has 30 heavy (non-hydrogen) atoms. The molecular formula is C23H19N3O3S. The Morgan fingerprint density at radius 1 is 1.00 bits per heavy atom. The van der Waals surface area contributed by atoms with Crippen molar-refractivity contribution in [1.82, 2.24) is 10.2 Å². The van der Waals surface area contributed by atoms with Gasteiger partial charge in [-0.2, -0.15) is 0 Å². The molecule has 7 heteroatoms. The van der Waals surface area contributed by atoms with E-state index in [0.717, 1.165) is 5.75 Å². The minimum Gasteiger partial charge on any atom is -0.496 e. The summed E-state index contributed by atoms with van der Waals surface area (Å²) in [5.41, 5.74) is 3.03. The van der Waals surface area contributed by atoms with Crippen molar-refractivity contribution in [2.24, 2.45) is 0 Å². The van der Waals surface area contributed by atoms with Gasteiger partial charge in [0.05, 0.1) is 12.7 Å². The normalized spacial score (nSPS) is 10.6. The van der Waals surface area contributed by atoms with Crippen molar-refractivity contribution < 1.29 is 13.9 Å². The summed E-state index contributed by atoms with van der Waals surface area (Å²) in [6.07, 6.45) is 0. The van der Waals surface area contributed by atoms with Gasteiger partial charge in [-0.3, -0.25) is 4.79 Å². The predicted molar refractivity (Wildman–Crippen MR) is 117 cm³/mol. The molecule has 4 rings (SSSR count). The van der Waals surface area contributed by atoms with Crippen molar-refractivity contribution in [2.75, 3.05) is 12.4 Å². The number of aromatic nitrogens is 2. The number of amides is 1. The summed E-state index contributed by atoms with van der Waals surface area (Å²) in [7, 11) is 1.56. The molecule has 0 unspecified atom stereocenters. The fraction of sp³-hybridized carbons (Fsp3) is 0.0870. The van der Waals surface area contributed by atoms with Crippen molar-refractivity contribution in [1.29, 1.82) is 0 Å². The molecule has 0 saturated carbocycles. The Labute approximate surface area is 178 Å². The highest BCUT2D eigenvalue weighted by Crippen LogP contribution is 2.33. The van der Waals surface area contributed by atoms with Gasteiger partial charge in [0.15, 0.2) is 0 Å². The Bertz CT molecular complexity index is 1130. The van der Waals surface area contributed by atoms with Gasteiger partial charge in [0.2, 0.25) is 0 Å². The van der Waals surface area contributed by atoms with Gasteiger partial charge in [0.25, 0.3) is 17.0 Å². The lowest BCUT2D eigenvalue weighted by Gasteiger charge is -2.09. The number of thioether (sulfide) groups is 1. The summed E-state index contributed by atoms with van der Waals surface area (Å²) in [5.74, 6) is 1.44. The van der Waals surface area contributed by atoms with Gasteiger partial charge < -0.3 is 14.5 Å². The van der Waals surface area contributed by atoms with E-state index in [1.165, 1.54) is 17.3 Å². The SMILES string of the molecule is COc1cc(NC(=O)c2ccccc2)ccc1-c1nnc(SCc2ccccc2)o1. The maximum atomic E-state index is 12.4. The Kier molecular flexibility index (Phi) is 6.10. The van der Waals surface area contributed by atoms with Gasteiger partial charge in [-0.1, -0.05) is 60.3 Å². The van der Waals surface area contributed by atoms with Crippen LogP contribution in [0.2, 0.25) is 0 Å². The highest BCUT2D eigenvalue weighted by atomic mass is 32.2. The highest BCUT2D eigenvalue weighted by molar-refractivity contribution is 7.98. The summed E-state index contributed by atoms with van der Waals surface area (Å²) >= 11 is 1.47. The summed E-state index contributed by atoms with van der Waals surface area (Å²) in [4.78, 5) is 12.4. The molecule has 4 aromatic rings. The summed E-state index contributed by atoms with van der Waals surface area (Å²) in [6, 6.07) is 24.4. The van der Waals surface area contributed by atoms with E-state index in [0.29, 0.717) is 33.7 Å². The maximum absolute atomic E-state index is 12.4. The minimum atomic E-state index is -0.192. The molecule has 150 valence electrons. The summed E-state index contributed by atoms with van der Waals surface area (Å²) < 4.78 is 11.3. The molecular weight excluding hydrogens is 398 g/mol. The fourth-order valence-corrected chi connectivity index (χ4v) is 3.55. The second kappa shape index (κ2) is 9.28. The van der Waals surface area contributed by atoms with E-state index in [1.807, 2.05) is 36.4 Å². The number of benzene rings is 3. The average Bonchev–Trinajstić information content (AvgIpc) is 3.27. The minimum absolute atomic E-state index is 0.192. The molecule has 0 aliphatic rings. The summed E-state index contributed by atoms with van der Waals surface area (Å²) in [6.45, 7) is 0. The molecule has 0 aliphatic carbocycles. The predicted octanol–water partition coefficient (Wildman–Crippen LogP) is 5.29. The van der Waals surface area contributed by atoms with E-state index in [9.17, 15) is 4.79 Å². The Morgan fingerprint density at radius 2 is 1.73 bits per heavy atom. The van der Waals surface area contributed by atoms with Crippen LogP contribution in [-0.4, -0.2) is 23.2 Å². The zero-order chi connectivity index (χ0) is 20.8. The largest absolute Gasteiger partial charge is 0.496 e. The van der Waals surface area contributed by atoms with Crippen LogP contribution in [-0.2, 0) is 5.75 Å². The molecule has 0 radical (unpaired) electrons. The summed E-state index contributed by atoms with van der Waals surface area (Å²) in [5, 5.41) is 11.6. The number of hydrogen-bond acceptors (Lipinski definition) is 6. The lowest BCUT2D eigenvalue weighted by atomic mass is 10.1. The third kappa shape index (κ3) is 4.69. The van der Waals surface area contributed by atoms with Crippen LogP contribution in [0.5, 0.6) is 5.75 Å². The molecule has 1 amide bonds. The molecule has 0 bridgehead atoms. The quantitative estimate of drug-likeness (QED) is 0.412. The van der Waals surface area contributed by atoms with Crippen LogP contribution >= 0.6 is 11.8 Å². The first kappa shape index (κ1) is 19.7. The molecule has 1 N–H and O–H groups in total. The zero-order valence-electron chi connectivity index (χ0n) is 16.2. The maximum Gasteiger partial charge on any atom is 0.277 e. The van der Waals surface area contributed by atoms with Crippen molar-refractivity contribution in [2.45, 2.75) is 11.0 Å². The van der Waals surface area contributed by atoms with Gasteiger partial charge in [0, 0.05) is 23.1 Å². The number of carbonyl (C=O) groups is 1. The van der Waals surface area contributed by atoms with Crippen LogP contribution in [0.1, 0.15) is 15.9 Å². The van der Waals surface area contributed by atoms with E-state index in [-0.39, 0.29) is 5.91 Å². The molecule has 0 fully saturated rings. The fourth-order valence-electron chi connectivity index (χ4n) is 2.83. The lowest BCUT2D eigenvalue weighted by Crippen LogP contribution is -2.11. The van der Waals surface area contributed by atoms with Crippen LogP contribution in [0.15, 0.2) is 88.5 Å². The van der Waals surface area contributed by atoms with Crippen LogP contribution in [0.25, 0.3) is 11.5 Å². The number of carbonyl (C=O) groups excluding carboxylic acids is 1. The molecule has 0 atom stereocenters. The highest BCUT2D eigenvalue weighted by Gasteiger charge is 2.15. The Morgan fingerprint density at radius 3 is 2.47 bits per heavy atom. The smallest absolute Gasteiger partial charge is 0.277 e. The van der Waals surface area contributed by atoms with Crippen molar-refractivity contribution in [3.8, 4) is 17.2 Å². The van der Waals surface area contributed by atoms with Gasteiger partial charge in [-0.15, -0.1) is 10.2 Å². The molecule has 1 aromatic heterocycles. The molecule has 6 nitrogen and oxygen atoms in total. The first-order valence-electron chi connectivity index (χ1n) is 9.28. The van der Waals surface area contributed by atoms with Crippen molar-refractivity contribution >= 4 is 23.4 Å². The first-order valence-corrected chi connectivity index (χ1v) is 10.3. The lowest BCUT2D eigenvalue weighted by molar-refractivity contribution is 0.102. The topological polar surface area (TPSA) is 77.2 Å². The van der Waals surface area contributed by atoms with E-state index in [1.54, 1.807) is 37.4 Å². The zero-order valence-corrected chi connectivity index (χ0v) is 17.1. The monoisotopic (exact) mass is 417 g/mol. The Balaban J connectivity index is 1.48. The second-order valence-electron chi connectivity index (χ2n) is 6.38. The number of hydrogen-bond donors (Lipinski definition) is 1. The standard InChI is InChI=1S/C23H19N3O3S/c1-28-20-14-18(24-21(27)17-10-6-3-7-11-17)12-13-19(20)22-25-26-23(29-22)30-15-16-8-4-2-5-9-16/h2-14H,15H2,1H3,(H,24,27). The third-order valence-corrected chi connectivity index (χ3v) is 5.23. The number of anilines is 1. The first-order chi connectivity index (χ1) is 14.7. The van der Waals surface area contributed by atoms with Crippen molar-refractivity contribution in [3.63, 3.8) is 0 Å². The van der Waals surface area contributed by atoms with Crippen LogP contribution in [0.4, 0.5) is 5.69 Å². The molecule has 0 saturated heterocycles. The third-order valence-electron chi connectivity index (χ3n) is 4.34. The van der Waals surface area contributed by atoms with E-state index >= 15 is 0 Å². The van der Waals surface area contributed by atoms with Crippen LogP contribution in [0, 0.1) is 0 Å². The van der Waals surface area contributed by atoms with Crippen LogP contribution in [0.3, 0.4) is 0 Å². The van der Waals surface area contributed by atoms with E-state index < -0.39 is 0 Å². The molecule has 0 spiro atoms. The number of nitrogens with one attached hydrogen (secondary N) is 1. The van der Waals surface area contributed by atoms with Crippen molar-refractivity contribution in [3.05, 3.63) is 90.0 Å². The Hall–Kier alpha value is -3.58. The van der Waals surface area contributed by atoms with Gasteiger partial charge in [-0.05, 0) is 29.8 Å². The number of methoxy groups -OCH3 is 1. The molecule has 3 aromatic carbocycles. The number of ether oxygens (including phenoxy) is 1. The number of rotatable bonds is 7. The van der Waals surface area contributed by atoms with Crippen LogP contribution < -0.4 is 10.1 Å². The molecule has 1 heterocycles. The molecule has 0 aliphatic heterocycles. The second-order valence-corrected chi connectivity index (χ2v) is 7.31. The van der Waals surface area contributed by atoms with Gasteiger partial charge in [0.1, 0.15) is 5.75 Å².